The number of benzene rings is 2. The molecule has 6 heteroatoms. The third kappa shape index (κ3) is 3.52. The van der Waals surface area contributed by atoms with Crippen molar-refractivity contribution in [2.75, 3.05) is 12.0 Å². The molecule has 132 valence electrons. The van der Waals surface area contributed by atoms with Gasteiger partial charge in [0.2, 0.25) is 0 Å². The summed E-state index contributed by atoms with van der Waals surface area (Å²) in [5, 5.41) is 10.4. The Hall–Kier alpha value is -2.57. The molecule has 0 aromatic heterocycles. The Bertz CT molecular complexity index is 904. The summed E-state index contributed by atoms with van der Waals surface area (Å²) in [5.41, 5.74) is 2.03. The minimum Gasteiger partial charge on any atom is -0.507 e. The Morgan fingerprint density at radius 3 is 2.65 bits per heavy atom. The first-order valence-corrected chi connectivity index (χ1v) is 9.11. The second kappa shape index (κ2) is 7.76. The molecule has 26 heavy (non-hydrogen) atoms. The summed E-state index contributed by atoms with van der Waals surface area (Å²) in [4.78, 5) is 14.8. The molecule has 4 nitrogen and oxygen atoms in total. The molecule has 0 atom stereocenters. The van der Waals surface area contributed by atoms with E-state index in [0.717, 1.165) is 5.56 Å². The summed E-state index contributed by atoms with van der Waals surface area (Å²) < 4.78 is 5.59. The van der Waals surface area contributed by atoms with Crippen molar-refractivity contribution < 1.29 is 14.6 Å². The highest BCUT2D eigenvalue weighted by Crippen LogP contribution is 2.37. The number of thiocarbonyl (C=S) groups is 1. The molecule has 0 bridgehead atoms. The zero-order valence-corrected chi connectivity index (χ0v) is 15.8. The first kappa shape index (κ1) is 18.2. The van der Waals surface area contributed by atoms with Gasteiger partial charge in [-0.3, -0.25) is 9.69 Å². The molecule has 1 heterocycles. The topological polar surface area (TPSA) is 49.8 Å². The van der Waals surface area contributed by atoms with E-state index >= 15 is 0 Å². The van der Waals surface area contributed by atoms with Gasteiger partial charge in [0.1, 0.15) is 11.5 Å². The van der Waals surface area contributed by atoms with E-state index in [1.807, 2.05) is 12.1 Å². The quantitative estimate of drug-likeness (QED) is 0.467. The Kier molecular flexibility index (Phi) is 5.44. The summed E-state index contributed by atoms with van der Waals surface area (Å²) in [5.74, 6) is 0.652. The zero-order chi connectivity index (χ0) is 18.7. The number of phenolic OH excluding ortho intramolecular Hbond substituents is 1. The fraction of sp³-hybridized carbons (Fsp3) is 0.100. The van der Waals surface area contributed by atoms with Crippen molar-refractivity contribution in [3.8, 4) is 11.5 Å². The van der Waals surface area contributed by atoms with Crippen LogP contribution in [0.25, 0.3) is 6.08 Å². The lowest BCUT2D eigenvalue weighted by Gasteiger charge is -2.14. The minimum absolute atomic E-state index is 0.155. The number of allylic oxidation sites excluding steroid dienone is 1. The number of hydrogen-bond donors (Lipinski definition) is 1. The molecule has 1 N–H and O–H groups in total. The van der Waals surface area contributed by atoms with Crippen LogP contribution >= 0.6 is 24.0 Å². The summed E-state index contributed by atoms with van der Waals surface area (Å²) in [6.07, 6.45) is 3.95. The van der Waals surface area contributed by atoms with E-state index in [-0.39, 0.29) is 11.7 Å². The van der Waals surface area contributed by atoms with Crippen LogP contribution in [0, 0.1) is 0 Å². The van der Waals surface area contributed by atoms with Crippen LogP contribution in [-0.2, 0) is 11.2 Å². The average molecular weight is 383 g/mol. The molecule has 1 saturated heterocycles. The van der Waals surface area contributed by atoms with Gasteiger partial charge in [-0.25, -0.2) is 0 Å². The number of aromatic hydroxyl groups is 1. The number of phenols is 1. The lowest BCUT2D eigenvalue weighted by molar-refractivity contribution is -0.113. The van der Waals surface area contributed by atoms with Gasteiger partial charge in [-0.05, 0) is 42.3 Å². The summed E-state index contributed by atoms with van der Waals surface area (Å²) in [6.45, 7) is 3.69. The number of ether oxygens (including phenoxy) is 1. The molecule has 0 spiro atoms. The van der Waals surface area contributed by atoms with Gasteiger partial charge in [-0.15, -0.1) is 6.58 Å². The van der Waals surface area contributed by atoms with Gasteiger partial charge in [-0.2, -0.15) is 0 Å². The third-order valence-corrected chi connectivity index (χ3v) is 5.23. The number of amides is 1. The highest BCUT2D eigenvalue weighted by atomic mass is 32.2. The maximum absolute atomic E-state index is 12.8. The van der Waals surface area contributed by atoms with Crippen molar-refractivity contribution in [1.29, 1.82) is 0 Å². The van der Waals surface area contributed by atoms with Gasteiger partial charge in [0, 0.05) is 5.56 Å². The van der Waals surface area contributed by atoms with E-state index in [1.165, 1.54) is 16.7 Å². The lowest BCUT2D eigenvalue weighted by atomic mass is 10.1. The van der Waals surface area contributed by atoms with E-state index in [9.17, 15) is 9.90 Å². The fourth-order valence-electron chi connectivity index (χ4n) is 2.61. The van der Waals surface area contributed by atoms with E-state index in [1.54, 1.807) is 49.6 Å². The first-order valence-electron chi connectivity index (χ1n) is 7.89. The first-order chi connectivity index (χ1) is 12.5. The molecular formula is C20H17NO3S2. The molecule has 1 aliphatic rings. The molecule has 2 aromatic carbocycles. The van der Waals surface area contributed by atoms with Crippen LogP contribution < -0.4 is 9.64 Å². The number of carbonyl (C=O) groups excluding carboxylic acids is 1. The van der Waals surface area contributed by atoms with Crippen LogP contribution in [-0.4, -0.2) is 22.4 Å². The van der Waals surface area contributed by atoms with Crippen molar-refractivity contribution in [2.45, 2.75) is 6.42 Å². The molecular weight excluding hydrogens is 366 g/mol. The maximum Gasteiger partial charge on any atom is 0.270 e. The monoisotopic (exact) mass is 383 g/mol. The molecule has 3 rings (SSSR count). The van der Waals surface area contributed by atoms with Crippen molar-refractivity contribution in [3.05, 3.63) is 71.2 Å². The summed E-state index contributed by atoms with van der Waals surface area (Å²) in [7, 11) is 1.59. The fourth-order valence-corrected chi connectivity index (χ4v) is 3.90. The Labute approximate surface area is 161 Å². The molecule has 1 aliphatic heterocycles. The number of carbonyl (C=O) groups is 1. The lowest BCUT2D eigenvalue weighted by Crippen LogP contribution is -2.27. The molecule has 1 amide bonds. The predicted molar refractivity (Wildman–Crippen MR) is 111 cm³/mol. The molecule has 0 aliphatic carbocycles. The molecule has 0 unspecified atom stereocenters. The van der Waals surface area contributed by atoms with Crippen LogP contribution in [0.5, 0.6) is 11.5 Å². The normalized spacial score (nSPS) is 15.6. The predicted octanol–water partition coefficient (Wildman–Crippen LogP) is 4.54. The van der Waals surface area contributed by atoms with Crippen molar-refractivity contribution >= 4 is 46.0 Å². The second-order valence-electron chi connectivity index (χ2n) is 5.56. The van der Waals surface area contributed by atoms with Gasteiger partial charge in [0.25, 0.3) is 5.91 Å². The maximum atomic E-state index is 12.8. The van der Waals surface area contributed by atoms with Gasteiger partial charge >= 0.3 is 0 Å². The van der Waals surface area contributed by atoms with Gasteiger partial charge < -0.3 is 9.84 Å². The van der Waals surface area contributed by atoms with Crippen LogP contribution in [0.15, 0.2) is 60.0 Å². The van der Waals surface area contributed by atoms with Crippen LogP contribution in [0.3, 0.4) is 0 Å². The zero-order valence-electron chi connectivity index (χ0n) is 14.1. The SMILES string of the molecule is C=CCc1cccc(/C=C2\SC(=S)N(c3ccc(OC)cc3)C2=O)c1O. The Morgan fingerprint density at radius 1 is 1.27 bits per heavy atom. The number of para-hydroxylation sites is 1. The van der Waals surface area contributed by atoms with Crippen LogP contribution in [0.2, 0.25) is 0 Å². The second-order valence-corrected chi connectivity index (χ2v) is 7.24. The van der Waals surface area contributed by atoms with Crippen molar-refractivity contribution in [3.63, 3.8) is 0 Å². The van der Waals surface area contributed by atoms with E-state index in [4.69, 9.17) is 17.0 Å². The highest BCUT2D eigenvalue weighted by molar-refractivity contribution is 8.27. The number of hydrogen-bond acceptors (Lipinski definition) is 5. The summed E-state index contributed by atoms with van der Waals surface area (Å²) >= 11 is 6.59. The number of rotatable bonds is 5. The number of nitrogens with zero attached hydrogens (tertiary/aromatic N) is 1. The Morgan fingerprint density at radius 2 is 2.00 bits per heavy atom. The molecule has 0 saturated carbocycles. The number of anilines is 1. The molecule has 2 aromatic rings. The van der Waals surface area contributed by atoms with E-state index < -0.39 is 0 Å². The highest BCUT2D eigenvalue weighted by Gasteiger charge is 2.33. The van der Waals surface area contributed by atoms with E-state index in [0.29, 0.717) is 32.6 Å². The number of methoxy groups -OCH3 is 1. The molecule has 1 fully saturated rings. The standard InChI is InChI=1S/C20H17NO3S2/c1-3-5-13-6-4-7-14(18(13)22)12-17-19(23)21(20(25)26-17)15-8-10-16(24-2)11-9-15/h3-4,6-12,22H,1,5H2,2H3/b17-12-. The summed E-state index contributed by atoms with van der Waals surface area (Å²) in [6, 6.07) is 12.6. The average Bonchev–Trinajstić information content (AvgIpc) is 2.92. The third-order valence-electron chi connectivity index (χ3n) is 3.93. The molecule has 0 radical (unpaired) electrons. The van der Waals surface area contributed by atoms with Crippen molar-refractivity contribution in [1.82, 2.24) is 0 Å². The van der Waals surface area contributed by atoms with Crippen LogP contribution in [0.1, 0.15) is 11.1 Å². The smallest absolute Gasteiger partial charge is 0.270 e. The van der Waals surface area contributed by atoms with Gasteiger partial charge in [0.05, 0.1) is 17.7 Å². The number of thioether (sulfide) groups is 1. The van der Waals surface area contributed by atoms with Crippen molar-refractivity contribution in [2.24, 2.45) is 0 Å². The van der Waals surface area contributed by atoms with Gasteiger partial charge in [-0.1, -0.05) is 48.3 Å². The Balaban J connectivity index is 1.92. The largest absolute Gasteiger partial charge is 0.507 e. The van der Waals surface area contributed by atoms with Gasteiger partial charge in [0.15, 0.2) is 4.32 Å². The van der Waals surface area contributed by atoms with Crippen LogP contribution in [0.4, 0.5) is 5.69 Å². The van der Waals surface area contributed by atoms with E-state index in [2.05, 4.69) is 6.58 Å². The minimum atomic E-state index is -0.210.